The van der Waals surface area contributed by atoms with E-state index in [0.717, 1.165) is 25.4 Å². The second kappa shape index (κ2) is 6.38. The van der Waals surface area contributed by atoms with Gasteiger partial charge in [-0.05, 0) is 51.4 Å². The van der Waals surface area contributed by atoms with Gasteiger partial charge < -0.3 is 10.1 Å². The topological polar surface area (TPSA) is 21.3 Å². The van der Waals surface area contributed by atoms with Crippen molar-refractivity contribution in [1.29, 1.82) is 0 Å². The predicted molar refractivity (Wildman–Crippen MR) is 76.8 cm³/mol. The highest BCUT2D eigenvalue weighted by atomic mass is 16.5. The molecule has 1 saturated carbocycles. The average molecular weight is 253 g/mol. The summed E-state index contributed by atoms with van der Waals surface area (Å²) in [6, 6.07) is 1.37. The molecule has 0 aromatic carbocycles. The molecule has 0 spiro atoms. The molecule has 0 aromatic heterocycles. The second-order valence-electron chi connectivity index (χ2n) is 6.43. The van der Waals surface area contributed by atoms with Gasteiger partial charge in [0.1, 0.15) is 0 Å². The Labute approximate surface area is 113 Å². The van der Waals surface area contributed by atoms with E-state index in [-0.39, 0.29) is 5.60 Å². The third kappa shape index (κ3) is 3.27. The van der Waals surface area contributed by atoms with Crippen molar-refractivity contribution in [2.45, 2.75) is 89.8 Å². The first kappa shape index (κ1) is 14.3. The molecule has 0 radical (unpaired) electrons. The lowest BCUT2D eigenvalue weighted by atomic mass is 9.85. The second-order valence-corrected chi connectivity index (χ2v) is 6.43. The number of ether oxygens (including phenoxy) is 1. The maximum absolute atomic E-state index is 6.06. The van der Waals surface area contributed by atoms with Crippen molar-refractivity contribution >= 4 is 0 Å². The van der Waals surface area contributed by atoms with E-state index in [4.69, 9.17) is 4.74 Å². The Morgan fingerprint density at radius 1 is 1.17 bits per heavy atom. The molecule has 2 atom stereocenters. The van der Waals surface area contributed by atoms with E-state index in [1.807, 2.05) is 0 Å². The molecule has 2 heteroatoms. The van der Waals surface area contributed by atoms with Crippen LogP contribution in [0.4, 0.5) is 0 Å². The number of nitrogens with one attached hydrogen (secondary N) is 1. The van der Waals surface area contributed by atoms with Crippen LogP contribution in [0, 0.1) is 5.92 Å². The first-order valence-electron chi connectivity index (χ1n) is 8.09. The van der Waals surface area contributed by atoms with Crippen LogP contribution < -0.4 is 5.32 Å². The van der Waals surface area contributed by atoms with E-state index in [1.54, 1.807) is 0 Å². The summed E-state index contributed by atoms with van der Waals surface area (Å²) in [4.78, 5) is 0. The first-order valence-corrected chi connectivity index (χ1v) is 8.09. The molecule has 1 aliphatic heterocycles. The molecule has 0 bridgehead atoms. The van der Waals surface area contributed by atoms with Crippen LogP contribution >= 0.6 is 0 Å². The Kier molecular flexibility index (Phi) is 5.08. The maximum Gasteiger partial charge on any atom is 0.0692 e. The smallest absolute Gasteiger partial charge is 0.0692 e. The zero-order chi connectivity index (χ0) is 13.0. The van der Waals surface area contributed by atoms with Crippen LogP contribution in [-0.2, 0) is 4.74 Å². The summed E-state index contributed by atoms with van der Waals surface area (Å²) in [6.07, 6.45) is 10.5. The molecule has 18 heavy (non-hydrogen) atoms. The van der Waals surface area contributed by atoms with Crippen LogP contribution in [0.5, 0.6) is 0 Å². The zero-order valence-corrected chi connectivity index (χ0v) is 12.5. The van der Waals surface area contributed by atoms with Crippen LogP contribution in [0.2, 0.25) is 0 Å². The highest BCUT2D eigenvalue weighted by Gasteiger charge is 2.35. The van der Waals surface area contributed by atoms with E-state index in [1.165, 1.54) is 38.5 Å². The van der Waals surface area contributed by atoms with E-state index >= 15 is 0 Å². The minimum absolute atomic E-state index is 0.158. The van der Waals surface area contributed by atoms with Gasteiger partial charge in [-0.15, -0.1) is 0 Å². The minimum Gasteiger partial charge on any atom is -0.375 e. The quantitative estimate of drug-likeness (QED) is 0.802. The van der Waals surface area contributed by atoms with Gasteiger partial charge in [0.15, 0.2) is 0 Å². The van der Waals surface area contributed by atoms with Crippen LogP contribution in [0.1, 0.15) is 72.1 Å². The van der Waals surface area contributed by atoms with Crippen molar-refractivity contribution in [3.63, 3.8) is 0 Å². The van der Waals surface area contributed by atoms with Crippen molar-refractivity contribution in [2.24, 2.45) is 5.92 Å². The van der Waals surface area contributed by atoms with Gasteiger partial charge in [-0.3, -0.25) is 0 Å². The van der Waals surface area contributed by atoms with Gasteiger partial charge in [0.25, 0.3) is 0 Å². The van der Waals surface area contributed by atoms with Crippen LogP contribution in [0.15, 0.2) is 0 Å². The SMILES string of the molecule is CCC1(CC)CC(NC(C)C2CCCC2)CCO1. The van der Waals surface area contributed by atoms with Crippen LogP contribution in [-0.4, -0.2) is 24.3 Å². The molecule has 0 aromatic rings. The highest BCUT2D eigenvalue weighted by molar-refractivity contribution is 4.90. The van der Waals surface area contributed by atoms with Crippen LogP contribution in [0.25, 0.3) is 0 Å². The summed E-state index contributed by atoms with van der Waals surface area (Å²) in [5.74, 6) is 0.922. The van der Waals surface area contributed by atoms with Crippen LogP contribution in [0.3, 0.4) is 0 Å². The van der Waals surface area contributed by atoms with Crippen molar-refractivity contribution in [3.8, 4) is 0 Å². The predicted octanol–water partition coefficient (Wildman–Crippen LogP) is 3.89. The van der Waals surface area contributed by atoms with Gasteiger partial charge in [-0.2, -0.15) is 0 Å². The van der Waals surface area contributed by atoms with Gasteiger partial charge in [-0.1, -0.05) is 26.7 Å². The summed E-state index contributed by atoms with van der Waals surface area (Å²) in [7, 11) is 0. The maximum atomic E-state index is 6.06. The largest absolute Gasteiger partial charge is 0.375 e. The molecule has 2 unspecified atom stereocenters. The molecule has 2 nitrogen and oxygen atoms in total. The molecular formula is C16H31NO. The van der Waals surface area contributed by atoms with Crippen molar-refractivity contribution < 1.29 is 4.74 Å². The standard InChI is InChI=1S/C16H31NO/c1-4-16(5-2)12-15(10-11-18-16)17-13(3)14-8-6-7-9-14/h13-15,17H,4-12H2,1-3H3. The molecule has 1 N–H and O–H groups in total. The van der Waals surface area contributed by atoms with Gasteiger partial charge >= 0.3 is 0 Å². The average Bonchev–Trinajstić information content (AvgIpc) is 2.93. The molecule has 2 aliphatic rings. The first-order chi connectivity index (χ1) is 8.69. The summed E-state index contributed by atoms with van der Waals surface area (Å²) in [6.45, 7) is 7.88. The lowest BCUT2D eigenvalue weighted by molar-refractivity contribution is -0.0944. The Bertz CT molecular complexity index is 243. The van der Waals surface area contributed by atoms with Gasteiger partial charge in [0.2, 0.25) is 0 Å². The van der Waals surface area contributed by atoms with Crippen molar-refractivity contribution in [3.05, 3.63) is 0 Å². The van der Waals surface area contributed by atoms with Gasteiger partial charge in [-0.25, -0.2) is 0 Å². The number of rotatable bonds is 5. The number of hydrogen-bond acceptors (Lipinski definition) is 2. The fourth-order valence-corrected chi connectivity index (χ4v) is 3.88. The molecule has 2 rings (SSSR count). The Balaban J connectivity index is 1.85. The van der Waals surface area contributed by atoms with E-state index in [9.17, 15) is 0 Å². The zero-order valence-electron chi connectivity index (χ0n) is 12.5. The normalized spacial score (nSPS) is 30.5. The molecule has 106 valence electrons. The Hall–Kier alpha value is -0.0800. The monoisotopic (exact) mass is 253 g/mol. The van der Waals surface area contributed by atoms with E-state index in [2.05, 4.69) is 26.1 Å². The van der Waals surface area contributed by atoms with E-state index in [0.29, 0.717) is 12.1 Å². The van der Waals surface area contributed by atoms with Gasteiger partial charge in [0.05, 0.1) is 5.60 Å². The summed E-state index contributed by atoms with van der Waals surface area (Å²) >= 11 is 0. The fraction of sp³-hybridized carbons (Fsp3) is 1.00. The Morgan fingerprint density at radius 3 is 2.44 bits per heavy atom. The van der Waals surface area contributed by atoms with Crippen molar-refractivity contribution in [2.75, 3.05) is 6.61 Å². The molecule has 2 fully saturated rings. The third-order valence-corrected chi connectivity index (χ3v) is 5.39. The summed E-state index contributed by atoms with van der Waals surface area (Å²) < 4.78 is 6.06. The summed E-state index contributed by atoms with van der Waals surface area (Å²) in [5.41, 5.74) is 0.158. The molecular weight excluding hydrogens is 222 g/mol. The third-order valence-electron chi connectivity index (χ3n) is 5.39. The number of hydrogen-bond donors (Lipinski definition) is 1. The molecule has 1 aliphatic carbocycles. The molecule has 1 saturated heterocycles. The van der Waals surface area contributed by atoms with Gasteiger partial charge in [0, 0.05) is 18.7 Å². The van der Waals surface area contributed by atoms with E-state index < -0.39 is 0 Å². The minimum atomic E-state index is 0.158. The molecule has 1 heterocycles. The summed E-state index contributed by atoms with van der Waals surface area (Å²) in [5, 5.41) is 3.90. The van der Waals surface area contributed by atoms with Crippen molar-refractivity contribution in [1.82, 2.24) is 5.32 Å². The fourth-order valence-electron chi connectivity index (χ4n) is 3.88. The highest BCUT2D eigenvalue weighted by Crippen LogP contribution is 2.33. The lowest BCUT2D eigenvalue weighted by Gasteiger charge is -2.41. The lowest BCUT2D eigenvalue weighted by Crippen LogP contribution is -2.50. The molecule has 0 amide bonds. The Morgan fingerprint density at radius 2 is 1.83 bits per heavy atom.